The van der Waals surface area contributed by atoms with E-state index < -0.39 is 0 Å². The second kappa shape index (κ2) is 4.82. The molecule has 1 rings (SSSR count). The highest BCUT2D eigenvalue weighted by atomic mass is 16.5. The number of aryl methyl sites for hydroxylation is 2. The number of nitrogens with two attached hydrogens (primary N) is 1. The largest absolute Gasteiger partial charge is 0.497 e. The van der Waals surface area contributed by atoms with Crippen LogP contribution in [0.15, 0.2) is 18.2 Å². The molecule has 2 heteroatoms. The first kappa shape index (κ1) is 10.8. The fourth-order valence-electron chi connectivity index (χ4n) is 1.50. The molecule has 76 valence electrons. The minimum Gasteiger partial charge on any atom is -0.497 e. The molecule has 1 aromatic carbocycles. The van der Waals surface area contributed by atoms with Crippen LogP contribution in [0.5, 0.6) is 5.75 Å². The van der Waals surface area contributed by atoms with E-state index in [1.165, 1.54) is 16.7 Å². The molecule has 0 atom stereocenters. The summed E-state index contributed by atoms with van der Waals surface area (Å²) in [7, 11) is 1.68. The van der Waals surface area contributed by atoms with Crippen LogP contribution in [-0.4, -0.2) is 13.7 Å². The van der Waals surface area contributed by atoms with E-state index in [4.69, 9.17) is 10.5 Å². The van der Waals surface area contributed by atoms with Crippen LogP contribution in [0.4, 0.5) is 0 Å². The summed E-state index contributed by atoms with van der Waals surface area (Å²) >= 11 is 0. The molecule has 14 heavy (non-hydrogen) atoms. The Balaban J connectivity index is 3.11. The molecular formula is C12H17NO. The summed E-state index contributed by atoms with van der Waals surface area (Å²) in [5, 5.41) is 0. The summed E-state index contributed by atoms with van der Waals surface area (Å²) < 4.78 is 5.19. The van der Waals surface area contributed by atoms with Crippen LogP contribution < -0.4 is 10.5 Å². The maximum Gasteiger partial charge on any atom is 0.119 e. The lowest BCUT2D eigenvalue weighted by molar-refractivity contribution is 0.414. The number of rotatable bonds is 3. The summed E-state index contributed by atoms with van der Waals surface area (Å²) in [6.45, 7) is 4.72. The fourth-order valence-corrected chi connectivity index (χ4v) is 1.50. The Hall–Kier alpha value is -1.28. The lowest BCUT2D eigenvalue weighted by atomic mass is 10.0. The van der Waals surface area contributed by atoms with E-state index >= 15 is 0 Å². The van der Waals surface area contributed by atoms with Crippen molar-refractivity contribution in [1.29, 1.82) is 0 Å². The lowest BCUT2D eigenvalue weighted by Crippen LogP contribution is -1.94. The summed E-state index contributed by atoms with van der Waals surface area (Å²) in [6.07, 6.45) is 4.02. The van der Waals surface area contributed by atoms with Crippen LogP contribution in [-0.2, 0) is 0 Å². The summed E-state index contributed by atoms with van der Waals surface area (Å²) in [4.78, 5) is 0. The first-order valence-corrected chi connectivity index (χ1v) is 4.71. The molecule has 1 aromatic rings. The van der Waals surface area contributed by atoms with Crippen molar-refractivity contribution in [2.45, 2.75) is 13.8 Å². The Bertz CT molecular complexity index is 319. The van der Waals surface area contributed by atoms with Gasteiger partial charge in [0, 0.05) is 6.54 Å². The van der Waals surface area contributed by atoms with Crippen LogP contribution in [0.1, 0.15) is 16.7 Å². The van der Waals surface area contributed by atoms with E-state index in [0.717, 1.165) is 5.75 Å². The van der Waals surface area contributed by atoms with Gasteiger partial charge in [-0.25, -0.2) is 0 Å². The minimum absolute atomic E-state index is 0.574. The van der Waals surface area contributed by atoms with Crippen molar-refractivity contribution in [3.05, 3.63) is 34.9 Å². The quantitative estimate of drug-likeness (QED) is 0.795. The van der Waals surface area contributed by atoms with Gasteiger partial charge in [0.2, 0.25) is 0 Å². The number of hydrogen-bond donors (Lipinski definition) is 1. The van der Waals surface area contributed by atoms with Crippen LogP contribution in [0.3, 0.4) is 0 Å². The molecule has 0 fully saturated rings. The van der Waals surface area contributed by atoms with Crippen molar-refractivity contribution in [2.75, 3.05) is 13.7 Å². The van der Waals surface area contributed by atoms with Crippen molar-refractivity contribution in [3.8, 4) is 5.75 Å². The molecule has 2 N–H and O–H groups in total. The van der Waals surface area contributed by atoms with Gasteiger partial charge >= 0.3 is 0 Å². The topological polar surface area (TPSA) is 35.2 Å². The Labute approximate surface area is 85.4 Å². The normalized spacial score (nSPS) is 10.9. The standard InChI is InChI=1S/C12H17NO/c1-9-7-11(14-3)8-10(2)12(9)5-4-6-13/h4-5,7-8H,6,13H2,1-3H3. The Morgan fingerprint density at radius 1 is 1.29 bits per heavy atom. The van der Waals surface area contributed by atoms with E-state index in [1.54, 1.807) is 7.11 Å². The summed E-state index contributed by atoms with van der Waals surface area (Å²) in [5.74, 6) is 0.907. The molecule has 0 heterocycles. The van der Waals surface area contributed by atoms with Crippen molar-refractivity contribution < 1.29 is 4.74 Å². The molecule has 0 saturated heterocycles. The van der Waals surface area contributed by atoms with Crippen LogP contribution >= 0.6 is 0 Å². The third-order valence-electron chi connectivity index (χ3n) is 2.22. The van der Waals surface area contributed by atoms with Crippen molar-refractivity contribution in [3.63, 3.8) is 0 Å². The van der Waals surface area contributed by atoms with E-state index in [0.29, 0.717) is 6.54 Å². The zero-order valence-electron chi connectivity index (χ0n) is 9.00. The average molecular weight is 191 g/mol. The van der Waals surface area contributed by atoms with Gasteiger partial charge in [-0.2, -0.15) is 0 Å². The third kappa shape index (κ3) is 2.36. The highest BCUT2D eigenvalue weighted by molar-refractivity contribution is 5.59. The van der Waals surface area contributed by atoms with Gasteiger partial charge in [-0.05, 0) is 42.7 Å². The molecule has 0 bridgehead atoms. The minimum atomic E-state index is 0.574. The predicted molar refractivity (Wildman–Crippen MR) is 60.6 cm³/mol. The molecule has 0 amide bonds. The van der Waals surface area contributed by atoms with E-state index in [1.807, 2.05) is 18.2 Å². The summed E-state index contributed by atoms with van der Waals surface area (Å²) in [5.41, 5.74) is 9.08. The second-order valence-electron chi connectivity index (χ2n) is 3.31. The van der Waals surface area contributed by atoms with E-state index in [-0.39, 0.29) is 0 Å². The van der Waals surface area contributed by atoms with Crippen LogP contribution in [0, 0.1) is 13.8 Å². The van der Waals surface area contributed by atoms with Gasteiger partial charge in [0.05, 0.1) is 7.11 Å². The number of methoxy groups -OCH3 is 1. The molecule has 0 aliphatic carbocycles. The predicted octanol–water partition coefficient (Wildman–Crippen LogP) is 2.28. The molecule has 0 aliphatic heterocycles. The molecule has 0 unspecified atom stereocenters. The SMILES string of the molecule is COc1cc(C)c(C=CCN)c(C)c1. The van der Waals surface area contributed by atoms with Gasteiger partial charge in [0.25, 0.3) is 0 Å². The molecule has 0 aliphatic rings. The molecule has 2 nitrogen and oxygen atoms in total. The van der Waals surface area contributed by atoms with E-state index in [2.05, 4.69) is 19.9 Å². The van der Waals surface area contributed by atoms with Gasteiger partial charge in [-0.15, -0.1) is 0 Å². The third-order valence-corrected chi connectivity index (χ3v) is 2.22. The Kier molecular flexibility index (Phi) is 3.72. The van der Waals surface area contributed by atoms with Crippen molar-refractivity contribution in [1.82, 2.24) is 0 Å². The van der Waals surface area contributed by atoms with Gasteiger partial charge < -0.3 is 10.5 Å². The summed E-state index contributed by atoms with van der Waals surface area (Å²) in [6, 6.07) is 4.06. The van der Waals surface area contributed by atoms with E-state index in [9.17, 15) is 0 Å². The highest BCUT2D eigenvalue weighted by Gasteiger charge is 2.01. The fraction of sp³-hybridized carbons (Fsp3) is 0.333. The zero-order valence-corrected chi connectivity index (χ0v) is 9.00. The van der Waals surface area contributed by atoms with Crippen molar-refractivity contribution >= 4 is 6.08 Å². The van der Waals surface area contributed by atoms with Crippen molar-refractivity contribution in [2.24, 2.45) is 5.73 Å². The molecular weight excluding hydrogens is 174 g/mol. The number of ether oxygens (including phenoxy) is 1. The van der Waals surface area contributed by atoms with Gasteiger partial charge in [0.1, 0.15) is 5.75 Å². The van der Waals surface area contributed by atoms with Gasteiger partial charge in [-0.1, -0.05) is 12.2 Å². The molecule has 0 aromatic heterocycles. The van der Waals surface area contributed by atoms with Crippen LogP contribution in [0.2, 0.25) is 0 Å². The first-order valence-electron chi connectivity index (χ1n) is 4.71. The maximum absolute atomic E-state index is 5.42. The smallest absolute Gasteiger partial charge is 0.119 e. The number of benzene rings is 1. The number of hydrogen-bond acceptors (Lipinski definition) is 2. The monoisotopic (exact) mass is 191 g/mol. The lowest BCUT2D eigenvalue weighted by Gasteiger charge is -2.08. The molecule has 0 spiro atoms. The van der Waals surface area contributed by atoms with Gasteiger partial charge in [-0.3, -0.25) is 0 Å². The zero-order chi connectivity index (χ0) is 10.6. The maximum atomic E-state index is 5.42. The highest BCUT2D eigenvalue weighted by Crippen LogP contribution is 2.22. The Morgan fingerprint density at radius 3 is 2.29 bits per heavy atom. The molecule has 0 radical (unpaired) electrons. The average Bonchev–Trinajstić information content (AvgIpc) is 2.16. The van der Waals surface area contributed by atoms with Crippen LogP contribution in [0.25, 0.3) is 6.08 Å². The van der Waals surface area contributed by atoms with Gasteiger partial charge in [0.15, 0.2) is 0 Å². The second-order valence-corrected chi connectivity index (χ2v) is 3.31. The first-order chi connectivity index (χ1) is 6.69. The Morgan fingerprint density at radius 2 is 1.86 bits per heavy atom. The molecule has 0 saturated carbocycles.